The first-order chi connectivity index (χ1) is 21.9. The summed E-state index contributed by atoms with van der Waals surface area (Å²) in [6, 6.07) is 26.8. The number of benzene rings is 3. The zero-order valence-electron chi connectivity index (χ0n) is 25.1. The zero-order valence-corrected chi connectivity index (χ0v) is 26.8. The summed E-state index contributed by atoms with van der Waals surface area (Å²) >= 11 is 2.92. The van der Waals surface area contributed by atoms with Crippen LogP contribution in [0.2, 0.25) is 0 Å². The number of aryl methyl sites for hydroxylation is 2. The first-order valence-electron chi connectivity index (χ1n) is 14.5. The molecule has 0 fully saturated rings. The predicted molar refractivity (Wildman–Crippen MR) is 177 cm³/mol. The Morgan fingerprint density at radius 3 is 2.53 bits per heavy atom. The summed E-state index contributed by atoms with van der Waals surface area (Å²) in [6.45, 7) is 4.21. The fourth-order valence-corrected chi connectivity index (χ4v) is 6.71. The van der Waals surface area contributed by atoms with E-state index in [0.29, 0.717) is 23.0 Å². The summed E-state index contributed by atoms with van der Waals surface area (Å²) < 4.78 is 7.27. The van der Waals surface area contributed by atoms with Crippen molar-refractivity contribution in [2.75, 3.05) is 12.9 Å². The van der Waals surface area contributed by atoms with Gasteiger partial charge >= 0.3 is 0 Å². The molecule has 2 amide bonds. The maximum Gasteiger partial charge on any atom is 0.253 e. The van der Waals surface area contributed by atoms with E-state index in [9.17, 15) is 9.59 Å². The molecular weight excluding hydrogens is 605 g/mol. The number of nitrogens with zero attached hydrogens (tertiary/aromatic N) is 5. The van der Waals surface area contributed by atoms with Crippen LogP contribution in [0.25, 0.3) is 5.69 Å². The van der Waals surface area contributed by atoms with Gasteiger partial charge in [-0.15, -0.1) is 21.5 Å². The van der Waals surface area contributed by atoms with Crippen LogP contribution in [0.5, 0.6) is 5.75 Å². The number of thioether (sulfide) groups is 1. The molecule has 228 valence electrons. The van der Waals surface area contributed by atoms with E-state index in [0.717, 1.165) is 38.7 Å². The third kappa shape index (κ3) is 6.69. The molecular formula is C34H32N6O3S2. The molecule has 11 heteroatoms. The number of methoxy groups -OCH3 is 1. The normalized spacial score (nSPS) is 14.3. The van der Waals surface area contributed by atoms with Gasteiger partial charge in [-0.1, -0.05) is 60.3 Å². The lowest BCUT2D eigenvalue weighted by Crippen LogP contribution is -2.28. The average molecular weight is 637 g/mol. The summed E-state index contributed by atoms with van der Waals surface area (Å²) in [5.41, 5.74) is 5.43. The number of ether oxygens (including phenoxy) is 1. The molecule has 1 atom stereocenters. The number of thiophene rings is 1. The van der Waals surface area contributed by atoms with E-state index in [1.807, 2.05) is 90.5 Å². The van der Waals surface area contributed by atoms with Crippen LogP contribution < -0.4 is 10.1 Å². The molecule has 45 heavy (non-hydrogen) atoms. The number of aromatic nitrogens is 3. The van der Waals surface area contributed by atoms with Crippen molar-refractivity contribution in [3.63, 3.8) is 0 Å². The summed E-state index contributed by atoms with van der Waals surface area (Å²) in [4.78, 5) is 27.7. The number of hydrazone groups is 1. The maximum absolute atomic E-state index is 13.9. The number of carbonyl (C=O) groups is 2. The molecule has 2 aromatic heterocycles. The Labute approximate surface area is 270 Å². The van der Waals surface area contributed by atoms with Crippen molar-refractivity contribution in [3.05, 3.63) is 123 Å². The summed E-state index contributed by atoms with van der Waals surface area (Å²) in [5.74, 6) is 1.09. The van der Waals surface area contributed by atoms with E-state index in [4.69, 9.17) is 9.84 Å². The molecule has 5 aromatic rings. The van der Waals surface area contributed by atoms with Gasteiger partial charge in [0.2, 0.25) is 0 Å². The fraction of sp³-hybridized carbons (Fsp3) is 0.206. The highest BCUT2D eigenvalue weighted by Gasteiger charge is 2.34. The van der Waals surface area contributed by atoms with E-state index in [1.165, 1.54) is 11.8 Å². The summed E-state index contributed by atoms with van der Waals surface area (Å²) in [5, 5.41) is 20.9. The Morgan fingerprint density at radius 1 is 1.00 bits per heavy atom. The van der Waals surface area contributed by atoms with Crippen LogP contribution in [0.3, 0.4) is 0 Å². The van der Waals surface area contributed by atoms with Gasteiger partial charge in [-0.3, -0.25) is 14.2 Å². The molecule has 9 nitrogen and oxygen atoms in total. The number of hydrogen-bond acceptors (Lipinski definition) is 8. The van der Waals surface area contributed by atoms with Gasteiger partial charge in [-0.2, -0.15) is 5.10 Å². The molecule has 3 aromatic carbocycles. The van der Waals surface area contributed by atoms with Gasteiger partial charge in [0.1, 0.15) is 5.75 Å². The van der Waals surface area contributed by atoms with Crippen LogP contribution in [0, 0.1) is 13.8 Å². The SMILES string of the molecule is COc1ccc([C@H]2CC(c3cccs3)=NN2C(=O)CSc2nnc(CNC(=O)c3ccccc3)n2-c2cc(C)ccc2C)cc1. The molecule has 3 heterocycles. The zero-order chi connectivity index (χ0) is 31.3. The van der Waals surface area contributed by atoms with Gasteiger partial charge in [0.15, 0.2) is 11.0 Å². The van der Waals surface area contributed by atoms with Gasteiger partial charge in [0.05, 0.1) is 41.7 Å². The predicted octanol–water partition coefficient (Wildman–Crippen LogP) is 6.35. The standard InChI is InChI=1S/C34H32N6O3S2/c1-22-11-12-23(2)28(18-22)39-31(20-35-33(42)25-8-5-4-6-9-25)36-37-34(39)45-21-32(41)40-29(24-13-15-26(43-3)16-14-24)19-27(38-40)30-10-7-17-44-30/h4-18,29H,19-21H2,1-3H3,(H,35,42)/t29-/m1/s1. The monoisotopic (exact) mass is 636 g/mol. The summed E-state index contributed by atoms with van der Waals surface area (Å²) in [6.07, 6.45) is 0.618. The van der Waals surface area contributed by atoms with Crippen molar-refractivity contribution in [1.82, 2.24) is 25.1 Å². The van der Waals surface area contributed by atoms with Crippen LogP contribution in [-0.4, -0.2) is 50.2 Å². The molecule has 0 spiro atoms. The molecule has 0 unspecified atom stereocenters. The highest BCUT2D eigenvalue weighted by molar-refractivity contribution is 7.99. The third-order valence-electron chi connectivity index (χ3n) is 7.55. The maximum atomic E-state index is 13.9. The topological polar surface area (TPSA) is 102 Å². The molecule has 0 bridgehead atoms. The van der Waals surface area contributed by atoms with E-state index >= 15 is 0 Å². The van der Waals surface area contributed by atoms with Gasteiger partial charge in [0, 0.05) is 12.0 Å². The number of rotatable bonds is 10. The Morgan fingerprint density at radius 2 is 1.80 bits per heavy atom. The quantitative estimate of drug-likeness (QED) is 0.179. The summed E-state index contributed by atoms with van der Waals surface area (Å²) in [7, 11) is 1.63. The number of nitrogens with one attached hydrogen (secondary N) is 1. The number of amides is 2. The van der Waals surface area contributed by atoms with Crippen molar-refractivity contribution < 1.29 is 14.3 Å². The lowest BCUT2D eigenvalue weighted by molar-refractivity contribution is -0.130. The fourth-order valence-electron chi connectivity index (χ4n) is 5.17. The minimum Gasteiger partial charge on any atom is -0.497 e. The van der Waals surface area contributed by atoms with Crippen molar-refractivity contribution in [1.29, 1.82) is 0 Å². The van der Waals surface area contributed by atoms with Crippen molar-refractivity contribution >= 4 is 40.6 Å². The molecule has 0 saturated heterocycles. The molecule has 1 aliphatic heterocycles. The number of carbonyl (C=O) groups excluding carboxylic acids is 2. The van der Waals surface area contributed by atoms with Crippen molar-refractivity contribution in [2.24, 2.45) is 5.10 Å². The Bertz CT molecular complexity index is 1840. The van der Waals surface area contributed by atoms with Crippen LogP contribution in [0.15, 0.2) is 101 Å². The first-order valence-corrected chi connectivity index (χ1v) is 16.3. The van der Waals surface area contributed by atoms with E-state index in [-0.39, 0.29) is 30.2 Å². The van der Waals surface area contributed by atoms with Gasteiger partial charge < -0.3 is 10.1 Å². The molecule has 1 N–H and O–H groups in total. The third-order valence-corrected chi connectivity index (χ3v) is 9.38. The van der Waals surface area contributed by atoms with Crippen molar-refractivity contribution in [2.45, 2.75) is 38.0 Å². The molecule has 0 saturated carbocycles. The van der Waals surface area contributed by atoms with Gasteiger partial charge in [-0.05, 0) is 72.3 Å². The molecule has 6 rings (SSSR count). The van der Waals surface area contributed by atoms with Crippen LogP contribution >= 0.6 is 23.1 Å². The molecule has 0 aliphatic carbocycles. The minimum absolute atomic E-state index is 0.104. The van der Waals surface area contributed by atoms with E-state index in [1.54, 1.807) is 35.6 Å². The Hall–Kier alpha value is -4.74. The van der Waals surface area contributed by atoms with E-state index < -0.39 is 0 Å². The second-order valence-electron chi connectivity index (χ2n) is 10.6. The largest absolute Gasteiger partial charge is 0.497 e. The smallest absolute Gasteiger partial charge is 0.253 e. The second kappa shape index (κ2) is 13.5. The lowest BCUT2D eigenvalue weighted by Gasteiger charge is -2.22. The Kier molecular flexibility index (Phi) is 9.08. The first kappa shape index (κ1) is 30.3. The highest BCUT2D eigenvalue weighted by Crippen LogP contribution is 2.35. The molecule has 1 aliphatic rings. The lowest BCUT2D eigenvalue weighted by atomic mass is 10.0. The van der Waals surface area contributed by atoms with Gasteiger partial charge in [-0.25, -0.2) is 5.01 Å². The average Bonchev–Trinajstić information content (AvgIpc) is 3.84. The number of hydrogen-bond donors (Lipinski definition) is 1. The highest BCUT2D eigenvalue weighted by atomic mass is 32.2. The second-order valence-corrected chi connectivity index (χ2v) is 12.5. The minimum atomic E-state index is -0.234. The van der Waals surface area contributed by atoms with Crippen LogP contribution in [0.4, 0.5) is 0 Å². The molecule has 0 radical (unpaired) electrons. The van der Waals surface area contributed by atoms with Crippen molar-refractivity contribution in [3.8, 4) is 11.4 Å². The van der Waals surface area contributed by atoms with Crippen LogP contribution in [0.1, 0.15) is 50.2 Å². The Balaban J connectivity index is 1.26. The van der Waals surface area contributed by atoms with Gasteiger partial charge in [0.25, 0.3) is 11.8 Å². The van der Waals surface area contributed by atoms with Crippen LogP contribution in [-0.2, 0) is 11.3 Å². The van der Waals surface area contributed by atoms with E-state index in [2.05, 4.69) is 21.6 Å².